The Morgan fingerprint density at radius 2 is 1.75 bits per heavy atom. The standard InChI is InChI=1S/C16H16N2O2/c1-8-17-12-13(18-8)15(20)11-7-9(16(2,3)4)5-6-10(11)14(12)19/h5-7H,1-4H3,(H,17,18). The van der Waals surface area contributed by atoms with Crippen molar-refractivity contribution < 1.29 is 9.59 Å². The third-order valence-corrected chi connectivity index (χ3v) is 3.64. The Labute approximate surface area is 117 Å². The van der Waals surface area contributed by atoms with Crippen LogP contribution in [0.2, 0.25) is 0 Å². The van der Waals surface area contributed by atoms with E-state index in [-0.39, 0.29) is 22.7 Å². The van der Waals surface area contributed by atoms with Crippen LogP contribution in [0.4, 0.5) is 0 Å². The van der Waals surface area contributed by atoms with Gasteiger partial charge in [-0.15, -0.1) is 0 Å². The first-order chi connectivity index (χ1) is 9.29. The number of ketones is 2. The summed E-state index contributed by atoms with van der Waals surface area (Å²) in [6.45, 7) is 7.98. The third kappa shape index (κ3) is 1.72. The SMILES string of the molecule is Cc1nc2c([nH]1)C(=O)c1cc(C(C)(C)C)ccc1C2=O. The van der Waals surface area contributed by atoms with E-state index in [4.69, 9.17) is 0 Å². The highest BCUT2D eigenvalue weighted by atomic mass is 16.1. The first-order valence-electron chi connectivity index (χ1n) is 6.59. The van der Waals surface area contributed by atoms with E-state index in [0.29, 0.717) is 22.6 Å². The van der Waals surface area contributed by atoms with E-state index in [9.17, 15) is 9.59 Å². The summed E-state index contributed by atoms with van der Waals surface area (Å²) < 4.78 is 0. The van der Waals surface area contributed by atoms with Crippen LogP contribution in [0, 0.1) is 6.92 Å². The van der Waals surface area contributed by atoms with E-state index in [1.165, 1.54) is 0 Å². The number of benzene rings is 1. The lowest BCUT2D eigenvalue weighted by molar-refractivity contribution is 0.0974. The minimum Gasteiger partial charge on any atom is -0.339 e. The molecule has 20 heavy (non-hydrogen) atoms. The van der Waals surface area contributed by atoms with Gasteiger partial charge in [0, 0.05) is 11.1 Å². The molecular weight excluding hydrogens is 252 g/mol. The van der Waals surface area contributed by atoms with Crippen LogP contribution in [-0.4, -0.2) is 21.5 Å². The fourth-order valence-electron chi connectivity index (χ4n) is 2.48. The molecule has 0 saturated carbocycles. The minimum absolute atomic E-state index is 0.0669. The number of rotatable bonds is 0. The summed E-state index contributed by atoms with van der Waals surface area (Å²) >= 11 is 0. The van der Waals surface area contributed by atoms with E-state index in [1.54, 1.807) is 13.0 Å². The number of imidazole rings is 1. The number of nitrogens with zero attached hydrogens (tertiary/aromatic N) is 1. The summed E-state index contributed by atoms with van der Waals surface area (Å²) in [5, 5.41) is 0. The molecule has 1 N–H and O–H groups in total. The van der Waals surface area contributed by atoms with Crippen LogP contribution < -0.4 is 0 Å². The lowest BCUT2D eigenvalue weighted by Gasteiger charge is -2.22. The second-order valence-electron chi connectivity index (χ2n) is 6.21. The first-order valence-corrected chi connectivity index (χ1v) is 6.59. The van der Waals surface area contributed by atoms with E-state index in [1.807, 2.05) is 12.1 Å². The fourth-order valence-corrected chi connectivity index (χ4v) is 2.48. The largest absolute Gasteiger partial charge is 0.339 e. The molecule has 3 rings (SSSR count). The summed E-state index contributed by atoms with van der Waals surface area (Å²) in [4.78, 5) is 31.9. The Morgan fingerprint density at radius 3 is 2.40 bits per heavy atom. The number of carbonyl (C=O) groups excluding carboxylic acids is 2. The van der Waals surface area contributed by atoms with Crippen molar-refractivity contribution in [1.82, 2.24) is 9.97 Å². The van der Waals surface area contributed by atoms with Crippen LogP contribution in [0.1, 0.15) is 64.3 Å². The third-order valence-electron chi connectivity index (χ3n) is 3.64. The van der Waals surface area contributed by atoms with Crippen molar-refractivity contribution >= 4 is 11.6 Å². The van der Waals surface area contributed by atoms with Gasteiger partial charge in [0.2, 0.25) is 11.6 Å². The highest BCUT2D eigenvalue weighted by Crippen LogP contribution is 2.30. The molecule has 2 aromatic rings. The topological polar surface area (TPSA) is 62.8 Å². The number of carbonyl (C=O) groups is 2. The van der Waals surface area contributed by atoms with Gasteiger partial charge >= 0.3 is 0 Å². The number of hydrogen-bond acceptors (Lipinski definition) is 3. The average Bonchev–Trinajstić information content (AvgIpc) is 2.76. The molecule has 0 unspecified atom stereocenters. The van der Waals surface area contributed by atoms with Gasteiger partial charge in [-0.2, -0.15) is 0 Å². The number of aryl methyl sites for hydroxylation is 1. The monoisotopic (exact) mass is 268 g/mol. The normalized spacial score (nSPS) is 14.2. The van der Waals surface area contributed by atoms with Crippen LogP contribution in [-0.2, 0) is 5.41 Å². The van der Waals surface area contributed by atoms with Gasteiger partial charge in [0.1, 0.15) is 17.2 Å². The lowest BCUT2D eigenvalue weighted by atomic mass is 9.82. The number of hydrogen-bond donors (Lipinski definition) is 1. The van der Waals surface area contributed by atoms with Crippen molar-refractivity contribution in [2.45, 2.75) is 33.1 Å². The van der Waals surface area contributed by atoms with Gasteiger partial charge in [-0.3, -0.25) is 9.59 Å². The second kappa shape index (κ2) is 3.88. The molecule has 0 radical (unpaired) electrons. The van der Waals surface area contributed by atoms with E-state index >= 15 is 0 Å². The zero-order chi connectivity index (χ0) is 14.7. The van der Waals surface area contributed by atoms with Crippen molar-refractivity contribution in [1.29, 1.82) is 0 Å². The van der Waals surface area contributed by atoms with Gasteiger partial charge in [0.05, 0.1) is 0 Å². The van der Waals surface area contributed by atoms with Crippen LogP contribution in [0.25, 0.3) is 0 Å². The van der Waals surface area contributed by atoms with Crippen LogP contribution >= 0.6 is 0 Å². The second-order valence-corrected chi connectivity index (χ2v) is 6.21. The van der Waals surface area contributed by atoms with Gasteiger partial charge in [-0.25, -0.2) is 4.98 Å². The first kappa shape index (κ1) is 12.8. The fraction of sp³-hybridized carbons (Fsp3) is 0.312. The molecule has 0 bridgehead atoms. The minimum atomic E-state index is -0.181. The summed E-state index contributed by atoms with van der Waals surface area (Å²) in [6.07, 6.45) is 0. The molecule has 0 amide bonds. The molecule has 0 aliphatic heterocycles. The van der Waals surface area contributed by atoms with E-state index in [0.717, 1.165) is 5.56 Å². The van der Waals surface area contributed by atoms with Gasteiger partial charge in [-0.05, 0) is 30.0 Å². The molecule has 0 spiro atoms. The zero-order valence-corrected chi connectivity index (χ0v) is 12.0. The maximum Gasteiger partial charge on any atom is 0.214 e. The Bertz CT molecular complexity index is 748. The predicted molar refractivity (Wildman–Crippen MR) is 75.3 cm³/mol. The quantitative estimate of drug-likeness (QED) is 0.682. The summed E-state index contributed by atoms with van der Waals surface area (Å²) in [6, 6.07) is 5.48. The van der Waals surface area contributed by atoms with Crippen LogP contribution in [0.5, 0.6) is 0 Å². The lowest BCUT2D eigenvalue weighted by Crippen LogP contribution is -2.22. The molecule has 0 atom stereocenters. The van der Waals surface area contributed by atoms with Crippen molar-refractivity contribution in [2.24, 2.45) is 0 Å². The maximum atomic E-state index is 12.5. The Balaban J connectivity index is 2.23. The van der Waals surface area contributed by atoms with Crippen molar-refractivity contribution in [3.63, 3.8) is 0 Å². The number of aromatic amines is 1. The van der Waals surface area contributed by atoms with Gasteiger partial charge < -0.3 is 4.98 Å². The molecular formula is C16H16N2O2. The smallest absolute Gasteiger partial charge is 0.214 e. The summed E-state index contributed by atoms with van der Waals surface area (Å²) in [5.41, 5.74) is 2.44. The summed E-state index contributed by atoms with van der Waals surface area (Å²) in [7, 11) is 0. The molecule has 1 aliphatic carbocycles. The van der Waals surface area contributed by atoms with Gasteiger partial charge in [-0.1, -0.05) is 26.8 Å². The van der Waals surface area contributed by atoms with Crippen molar-refractivity contribution in [3.05, 3.63) is 52.1 Å². The molecule has 1 aliphatic rings. The van der Waals surface area contributed by atoms with Crippen LogP contribution in [0.3, 0.4) is 0 Å². The molecule has 1 aromatic carbocycles. The molecule has 1 aromatic heterocycles. The maximum absolute atomic E-state index is 12.5. The summed E-state index contributed by atoms with van der Waals surface area (Å²) in [5.74, 6) is 0.251. The number of H-pyrrole nitrogens is 1. The molecule has 0 fully saturated rings. The highest BCUT2D eigenvalue weighted by Gasteiger charge is 2.33. The van der Waals surface area contributed by atoms with Gasteiger partial charge in [0.25, 0.3) is 0 Å². The molecule has 1 heterocycles. The predicted octanol–water partition coefficient (Wildman–Crippen LogP) is 2.79. The van der Waals surface area contributed by atoms with Crippen LogP contribution in [0.15, 0.2) is 18.2 Å². The Hall–Kier alpha value is -2.23. The molecule has 4 heteroatoms. The van der Waals surface area contributed by atoms with Gasteiger partial charge in [0.15, 0.2) is 0 Å². The molecule has 4 nitrogen and oxygen atoms in total. The zero-order valence-electron chi connectivity index (χ0n) is 12.0. The van der Waals surface area contributed by atoms with E-state index < -0.39 is 0 Å². The number of fused-ring (bicyclic) bond motifs is 2. The van der Waals surface area contributed by atoms with Crippen molar-refractivity contribution in [3.8, 4) is 0 Å². The molecule has 0 saturated heterocycles. The number of nitrogens with one attached hydrogen (secondary N) is 1. The molecule has 102 valence electrons. The Kier molecular flexibility index (Phi) is 2.48. The average molecular weight is 268 g/mol. The van der Waals surface area contributed by atoms with E-state index in [2.05, 4.69) is 30.7 Å². The highest BCUT2D eigenvalue weighted by molar-refractivity contribution is 6.27. The Morgan fingerprint density at radius 1 is 1.05 bits per heavy atom. The van der Waals surface area contributed by atoms with Crippen molar-refractivity contribution in [2.75, 3.05) is 0 Å². The number of aromatic nitrogens is 2.